The van der Waals surface area contributed by atoms with Gasteiger partial charge in [0, 0.05) is 10.8 Å². The maximum Gasteiger partial charge on any atom is 0.394 e. The predicted molar refractivity (Wildman–Crippen MR) is 61.5 cm³/mol. The molecular weight excluding hydrogens is 248 g/mol. The Kier molecular flexibility index (Phi) is 4.29. The SMILES string of the molecule is NNc1nncc2ccccc12.O=S(=O)(O)O. The smallest absolute Gasteiger partial charge is 0.306 e. The van der Waals surface area contributed by atoms with E-state index in [1.807, 2.05) is 24.3 Å². The van der Waals surface area contributed by atoms with Gasteiger partial charge < -0.3 is 5.43 Å². The van der Waals surface area contributed by atoms with Gasteiger partial charge in [-0.1, -0.05) is 24.3 Å². The normalized spacial score (nSPS) is 10.5. The van der Waals surface area contributed by atoms with Crippen molar-refractivity contribution in [3.05, 3.63) is 30.5 Å². The molecule has 5 N–H and O–H groups in total. The van der Waals surface area contributed by atoms with Gasteiger partial charge in [-0.25, -0.2) is 5.84 Å². The van der Waals surface area contributed by atoms with Crippen molar-refractivity contribution in [2.75, 3.05) is 5.43 Å². The Morgan fingerprint density at radius 2 is 1.82 bits per heavy atom. The molecule has 0 aliphatic carbocycles. The number of hydrazine groups is 1. The monoisotopic (exact) mass is 258 g/mol. The molecule has 0 saturated heterocycles. The lowest BCUT2D eigenvalue weighted by Crippen LogP contribution is -2.09. The molecule has 0 atom stereocenters. The number of rotatable bonds is 1. The Bertz CT molecular complexity index is 588. The molecule has 0 amide bonds. The van der Waals surface area contributed by atoms with Crippen LogP contribution in [0.25, 0.3) is 10.8 Å². The Balaban J connectivity index is 0.000000249. The standard InChI is InChI=1S/C8H8N4.H2O4S/c9-11-8-7-4-2-1-3-6(7)5-10-12-8;1-5(2,3)4/h1-5H,9H2,(H,11,12);(H2,1,2,3,4). The minimum atomic E-state index is -4.67. The molecule has 2 aromatic rings. The van der Waals surface area contributed by atoms with Crippen molar-refractivity contribution in [2.45, 2.75) is 0 Å². The van der Waals surface area contributed by atoms with E-state index in [4.69, 9.17) is 23.4 Å². The Hall–Kier alpha value is -1.81. The molecule has 8 nitrogen and oxygen atoms in total. The van der Waals surface area contributed by atoms with Crippen molar-refractivity contribution in [3.63, 3.8) is 0 Å². The van der Waals surface area contributed by atoms with Crippen LogP contribution in [0.4, 0.5) is 5.82 Å². The van der Waals surface area contributed by atoms with Gasteiger partial charge >= 0.3 is 10.4 Å². The van der Waals surface area contributed by atoms with Crippen molar-refractivity contribution in [3.8, 4) is 0 Å². The molecule has 17 heavy (non-hydrogen) atoms. The maximum absolute atomic E-state index is 8.74. The fraction of sp³-hybridized carbons (Fsp3) is 0. The molecule has 1 aromatic heterocycles. The van der Waals surface area contributed by atoms with Gasteiger partial charge in [0.25, 0.3) is 0 Å². The zero-order chi connectivity index (χ0) is 12.9. The van der Waals surface area contributed by atoms with Gasteiger partial charge in [0.1, 0.15) is 0 Å². The molecule has 2 rings (SSSR count). The second-order valence-electron chi connectivity index (χ2n) is 2.87. The number of nitrogens with zero attached hydrogens (tertiary/aromatic N) is 2. The number of anilines is 1. The van der Waals surface area contributed by atoms with Crippen molar-refractivity contribution in [2.24, 2.45) is 5.84 Å². The lowest BCUT2D eigenvalue weighted by Gasteiger charge is -2.01. The van der Waals surface area contributed by atoms with Gasteiger partial charge in [-0.2, -0.15) is 13.5 Å². The second kappa shape index (κ2) is 5.50. The quantitative estimate of drug-likeness (QED) is 0.324. The molecule has 0 bridgehead atoms. The molecule has 1 heterocycles. The van der Waals surface area contributed by atoms with Gasteiger partial charge in [-0.05, 0) is 0 Å². The van der Waals surface area contributed by atoms with Crippen LogP contribution in [-0.4, -0.2) is 27.7 Å². The number of benzene rings is 1. The van der Waals surface area contributed by atoms with E-state index < -0.39 is 10.4 Å². The van der Waals surface area contributed by atoms with Crippen LogP contribution in [0.15, 0.2) is 30.5 Å². The van der Waals surface area contributed by atoms with Crippen molar-refractivity contribution in [1.29, 1.82) is 0 Å². The molecule has 0 spiro atoms. The molecule has 92 valence electrons. The van der Waals surface area contributed by atoms with E-state index in [1.54, 1.807) is 6.20 Å². The van der Waals surface area contributed by atoms with Crippen LogP contribution < -0.4 is 11.3 Å². The highest BCUT2D eigenvalue weighted by Crippen LogP contribution is 2.17. The fourth-order valence-electron chi connectivity index (χ4n) is 1.13. The average Bonchev–Trinajstić information content (AvgIpc) is 2.26. The summed E-state index contributed by atoms with van der Waals surface area (Å²) in [5.74, 6) is 5.87. The van der Waals surface area contributed by atoms with Crippen LogP contribution in [0.5, 0.6) is 0 Å². The number of nitrogens with one attached hydrogen (secondary N) is 1. The summed E-state index contributed by atoms with van der Waals surface area (Å²) in [5, 5.41) is 9.64. The zero-order valence-electron chi connectivity index (χ0n) is 8.48. The van der Waals surface area contributed by atoms with E-state index in [0.29, 0.717) is 5.82 Å². The van der Waals surface area contributed by atoms with E-state index in [1.165, 1.54) is 0 Å². The highest BCUT2D eigenvalue weighted by Gasteiger charge is 1.98. The first-order chi connectivity index (χ1) is 7.92. The summed E-state index contributed by atoms with van der Waals surface area (Å²) in [4.78, 5) is 0. The summed E-state index contributed by atoms with van der Waals surface area (Å²) in [6.07, 6.45) is 1.70. The number of nitrogen functional groups attached to an aromatic ring is 1. The van der Waals surface area contributed by atoms with Crippen LogP contribution in [0.1, 0.15) is 0 Å². The van der Waals surface area contributed by atoms with Crippen molar-refractivity contribution in [1.82, 2.24) is 10.2 Å². The molecule has 0 saturated carbocycles. The summed E-state index contributed by atoms with van der Waals surface area (Å²) in [6, 6.07) is 7.79. The van der Waals surface area contributed by atoms with Crippen LogP contribution in [-0.2, 0) is 10.4 Å². The fourth-order valence-corrected chi connectivity index (χ4v) is 1.13. The van der Waals surface area contributed by atoms with Gasteiger partial charge in [0.2, 0.25) is 0 Å². The first-order valence-electron chi connectivity index (χ1n) is 4.28. The number of hydrogen-bond acceptors (Lipinski definition) is 6. The van der Waals surface area contributed by atoms with Gasteiger partial charge in [-0.3, -0.25) is 9.11 Å². The molecule has 0 radical (unpaired) electrons. The van der Waals surface area contributed by atoms with Gasteiger partial charge in [0.05, 0.1) is 6.20 Å². The minimum absolute atomic E-state index is 0.605. The summed E-state index contributed by atoms with van der Waals surface area (Å²) in [6.45, 7) is 0. The second-order valence-corrected chi connectivity index (χ2v) is 3.77. The molecule has 1 aromatic carbocycles. The Morgan fingerprint density at radius 1 is 1.24 bits per heavy atom. The average molecular weight is 258 g/mol. The summed E-state index contributed by atoms with van der Waals surface area (Å²) >= 11 is 0. The molecular formula is C8H10N4O4S. The Labute approximate surface area is 97.0 Å². The summed E-state index contributed by atoms with van der Waals surface area (Å²) < 4.78 is 31.6. The molecule has 0 unspecified atom stereocenters. The van der Waals surface area contributed by atoms with E-state index >= 15 is 0 Å². The highest BCUT2D eigenvalue weighted by atomic mass is 32.3. The lowest BCUT2D eigenvalue weighted by molar-refractivity contribution is 0.381. The zero-order valence-corrected chi connectivity index (χ0v) is 9.29. The van der Waals surface area contributed by atoms with Crippen LogP contribution in [0.2, 0.25) is 0 Å². The number of hydrogen-bond donors (Lipinski definition) is 4. The minimum Gasteiger partial charge on any atom is -0.306 e. The third kappa shape index (κ3) is 4.70. The number of fused-ring (bicyclic) bond motifs is 1. The largest absolute Gasteiger partial charge is 0.394 e. The summed E-state index contributed by atoms with van der Waals surface area (Å²) in [7, 11) is -4.67. The van der Waals surface area contributed by atoms with E-state index in [9.17, 15) is 0 Å². The van der Waals surface area contributed by atoms with Crippen LogP contribution in [0, 0.1) is 0 Å². The first kappa shape index (κ1) is 13.3. The molecule has 0 aliphatic heterocycles. The third-order valence-electron chi connectivity index (χ3n) is 1.71. The van der Waals surface area contributed by atoms with E-state index in [2.05, 4.69) is 15.6 Å². The molecule has 0 fully saturated rings. The van der Waals surface area contributed by atoms with Crippen molar-refractivity contribution < 1.29 is 17.5 Å². The Morgan fingerprint density at radius 3 is 2.41 bits per heavy atom. The van der Waals surface area contributed by atoms with E-state index in [-0.39, 0.29) is 0 Å². The van der Waals surface area contributed by atoms with Gasteiger partial charge in [0.15, 0.2) is 5.82 Å². The van der Waals surface area contributed by atoms with Crippen LogP contribution >= 0.6 is 0 Å². The first-order valence-corrected chi connectivity index (χ1v) is 5.68. The predicted octanol–water partition coefficient (Wildman–Crippen LogP) is 0.263. The number of aromatic nitrogens is 2. The molecule has 9 heteroatoms. The summed E-state index contributed by atoms with van der Waals surface area (Å²) in [5.41, 5.74) is 2.50. The van der Waals surface area contributed by atoms with Crippen LogP contribution in [0.3, 0.4) is 0 Å². The van der Waals surface area contributed by atoms with Gasteiger partial charge in [-0.15, -0.1) is 5.10 Å². The third-order valence-corrected chi connectivity index (χ3v) is 1.71. The highest BCUT2D eigenvalue weighted by molar-refractivity contribution is 7.79. The number of nitrogens with two attached hydrogens (primary N) is 1. The van der Waals surface area contributed by atoms with Crippen molar-refractivity contribution >= 4 is 27.0 Å². The molecule has 0 aliphatic rings. The lowest BCUT2D eigenvalue weighted by atomic mass is 10.2. The maximum atomic E-state index is 8.74. The topological polar surface area (TPSA) is 138 Å². The van der Waals surface area contributed by atoms with E-state index in [0.717, 1.165) is 10.8 Å².